The molecular formula is C21H23F3N8O2. The number of amides is 1. The van der Waals surface area contributed by atoms with Crippen LogP contribution in [0.15, 0.2) is 43.1 Å². The molecule has 180 valence electrons. The summed E-state index contributed by atoms with van der Waals surface area (Å²) >= 11 is 0. The Labute approximate surface area is 192 Å². The van der Waals surface area contributed by atoms with E-state index >= 15 is 0 Å². The van der Waals surface area contributed by atoms with Gasteiger partial charge in [-0.05, 0) is 30.7 Å². The summed E-state index contributed by atoms with van der Waals surface area (Å²) in [7, 11) is 3.00. The van der Waals surface area contributed by atoms with Gasteiger partial charge in [-0.25, -0.2) is 4.98 Å². The minimum Gasteiger partial charge on any atom is -0.370 e. The second-order valence-corrected chi connectivity index (χ2v) is 7.20. The molecule has 0 aliphatic rings. The molecule has 0 radical (unpaired) electrons. The maximum absolute atomic E-state index is 13.7. The fraction of sp³-hybridized carbons (Fsp3) is 0.238. The lowest BCUT2D eigenvalue weighted by molar-refractivity contribution is -0.137. The summed E-state index contributed by atoms with van der Waals surface area (Å²) in [5.74, 6) is -0.815. The van der Waals surface area contributed by atoms with Gasteiger partial charge in [-0.2, -0.15) is 23.3 Å². The van der Waals surface area contributed by atoms with E-state index in [1.165, 1.54) is 23.9 Å². The number of carbonyl (C=O) groups excluding carboxylic acids is 1. The van der Waals surface area contributed by atoms with Crippen LogP contribution in [0.3, 0.4) is 0 Å². The number of hydrogen-bond donors (Lipinski definition) is 5. The number of hydrogen-bond acceptors (Lipinski definition) is 8. The molecule has 0 fully saturated rings. The molecule has 2 aromatic heterocycles. The highest BCUT2D eigenvalue weighted by molar-refractivity contribution is 5.93. The Morgan fingerprint density at radius 3 is 2.62 bits per heavy atom. The normalized spacial score (nSPS) is 12.1. The number of aromatic nitrogens is 4. The number of rotatable bonds is 8. The molecule has 3 aromatic rings. The first-order chi connectivity index (χ1) is 16.0. The van der Waals surface area contributed by atoms with E-state index in [0.717, 1.165) is 5.56 Å². The molecule has 0 saturated carbocycles. The lowest BCUT2D eigenvalue weighted by Crippen LogP contribution is -2.18. The quantitative estimate of drug-likeness (QED) is 0.247. The van der Waals surface area contributed by atoms with Gasteiger partial charge < -0.3 is 26.4 Å². The van der Waals surface area contributed by atoms with Gasteiger partial charge in [0.1, 0.15) is 23.4 Å². The van der Waals surface area contributed by atoms with Gasteiger partial charge >= 0.3 is 6.18 Å². The molecule has 5 N–H and O–H groups in total. The van der Waals surface area contributed by atoms with Crippen LogP contribution in [0.2, 0.25) is 0 Å². The van der Waals surface area contributed by atoms with Crippen molar-refractivity contribution in [2.24, 2.45) is 7.05 Å². The number of aliphatic hydroxyl groups excluding tert-OH is 1. The van der Waals surface area contributed by atoms with Gasteiger partial charge in [0.25, 0.3) is 5.91 Å². The number of alkyl halides is 3. The average Bonchev–Trinajstić information content (AvgIpc) is 3.14. The van der Waals surface area contributed by atoms with Crippen molar-refractivity contribution >= 4 is 34.9 Å². The van der Waals surface area contributed by atoms with E-state index in [2.05, 4.69) is 42.9 Å². The molecule has 1 atom stereocenters. The predicted molar refractivity (Wildman–Crippen MR) is 121 cm³/mol. The third kappa shape index (κ3) is 5.61. The second kappa shape index (κ2) is 9.79. The molecule has 13 heteroatoms. The van der Waals surface area contributed by atoms with Crippen molar-refractivity contribution in [3.63, 3.8) is 0 Å². The van der Waals surface area contributed by atoms with Crippen molar-refractivity contribution in [3.8, 4) is 0 Å². The molecule has 34 heavy (non-hydrogen) atoms. The van der Waals surface area contributed by atoms with Gasteiger partial charge in [0.05, 0.1) is 11.4 Å². The standard InChI is InChI=1S/C21H23F3N8O2/c1-5-17(33)27-14-8-11(2)6-7-13(14)28-18-12(21(22,23)24)10-26-20(30-18)29-16-9-15(19(34)25-3)31-32(16)4/h5-10,17,27,33H,1H2,2-4H3,(H,25,34)(H2,26,28,29,30). The SMILES string of the molecule is C=CC(O)Nc1cc(C)ccc1Nc1nc(Nc2cc(C(=O)NC)nn2C)ncc1C(F)(F)F. The van der Waals surface area contributed by atoms with Crippen LogP contribution in [0.25, 0.3) is 0 Å². The summed E-state index contributed by atoms with van der Waals surface area (Å²) in [6, 6.07) is 6.31. The minimum atomic E-state index is -4.74. The molecule has 0 spiro atoms. The highest BCUT2D eigenvalue weighted by atomic mass is 19.4. The van der Waals surface area contributed by atoms with E-state index in [4.69, 9.17) is 0 Å². The molecule has 3 rings (SSSR count). The van der Waals surface area contributed by atoms with Gasteiger partial charge in [0.2, 0.25) is 5.95 Å². The van der Waals surface area contributed by atoms with Gasteiger partial charge in [0, 0.05) is 26.4 Å². The summed E-state index contributed by atoms with van der Waals surface area (Å²) in [5.41, 5.74) is 0.409. The fourth-order valence-corrected chi connectivity index (χ4v) is 2.91. The Balaban J connectivity index is 1.99. The predicted octanol–water partition coefficient (Wildman–Crippen LogP) is 3.30. The van der Waals surface area contributed by atoms with E-state index < -0.39 is 29.7 Å². The van der Waals surface area contributed by atoms with Crippen LogP contribution in [0.5, 0.6) is 0 Å². The molecule has 1 unspecified atom stereocenters. The molecular weight excluding hydrogens is 453 g/mol. The molecule has 0 bridgehead atoms. The first-order valence-corrected chi connectivity index (χ1v) is 9.94. The zero-order valence-corrected chi connectivity index (χ0v) is 18.5. The van der Waals surface area contributed by atoms with E-state index in [9.17, 15) is 23.1 Å². The molecule has 10 nitrogen and oxygen atoms in total. The van der Waals surface area contributed by atoms with E-state index in [1.54, 1.807) is 32.2 Å². The number of nitrogens with one attached hydrogen (secondary N) is 4. The van der Waals surface area contributed by atoms with Crippen molar-refractivity contribution in [3.05, 3.63) is 59.9 Å². The van der Waals surface area contributed by atoms with Crippen LogP contribution in [0, 0.1) is 6.92 Å². The smallest absolute Gasteiger partial charge is 0.370 e. The Bertz CT molecular complexity index is 1210. The first-order valence-electron chi connectivity index (χ1n) is 9.94. The van der Waals surface area contributed by atoms with Crippen molar-refractivity contribution in [1.29, 1.82) is 0 Å². The van der Waals surface area contributed by atoms with Gasteiger partial charge in [-0.1, -0.05) is 12.6 Å². The van der Waals surface area contributed by atoms with Crippen molar-refractivity contribution < 1.29 is 23.1 Å². The largest absolute Gasteiger partial charge is 0.421 e. The van der Waals surface area contributed by atoms with Crippen LogP contribution >= 0.6 is 0 Å². The average molecular weight is 476 g/mol. The van der Waals surface area contributed by atoms with Gasteiger partial charge in [-0.3, -0.25) is 9.48 Å². The van der Waals surface area contributed by atoms with Crippen LogP contribution in [0.1, 0.15) is 21.6 Å². The molecule has 0 saturated heterocycles. The fourth-order valence-electron chi connectivity index (χ4n) is 2.91. The number of halogens is 3. The van der Waals surface area contributed by atoms with Crippen molar-refractivity contribution in [1.82, 2.24) is 25.1 Å². The lowest BCUT2D eigenvalue weighted by Gasteiger charge is -2.19. The maximum atomic E-state index is 13.7. The Morgan fingerprint density at radius 2 is 1.97 bits per heavy atom. The zero-order valence-electron chi connectivity index (χ0n) is 18.5. The second-order valence-electron chi connectivity index (χ2n) is 7.20. The van der Waals surface area contributed by atoms with Gasteiger partial charge in [0.15, 0.2) is 5.69 Å². The summed E-state index contributed by atoms with van der Waals surface area (Å²) in [6.45, 7) is 5.27. The topological polar surface area (TPSA) is 129 Å². The molecule has 2 heterocycles. The number of anilines is 5. The highest BCUT2D eigenvalue weighted by Gasteiger charge is 2.35. The monoisotopic (exact) mass is 476 g/mol. The first kappa shape index (κ1) is 24.5. The maximum Gasteiger partial charge on any atom is 0.421 e. The van der Waals surface area contributed by atoms with Crippen LogP contribution < -0.4 is 21.3 Å². The van der Waals surface area contributed by atoms with Crippen LogP contribution in [-0.2, 0) is 13.2 Å². The Hall–Kier alpha value is -4.13. The molecule has 1 amide bonds. The van der Waals surface area contributed by atoms with E-state index in [-0.39, 0.29) is 23.1 Å². The van der Waals surface area contributed by atoms with Crippen LogP contribution in [-0.4, -0.2) is 44.0 Å². The molecule has 1 aromatic carbocycles. The number of carbonyl (C=O) groups is 1. The Morgan fingerprint density at radius 1 is 1.24 bits per heavy atom. The van der Waals surface area contributed by atoms with Gasteiger partial charge in [-0.15, -0.1) is 0 Å². The zero-order chi connectivity index (χ0) is 25.0. The summed E-state index contributed by atoms with van der Waals surface area (Å²) in [5, 5.41) is 24.5. The minimum absolute atomic E-state index is 0.105. The number of nitrogens with zero attached hydrogens (tertiary/aromatic N) is 4. The van der Waals surface area contributed by atoms with Crippen molar-refractivity contribution in [2.75, 3.05) is 23.0 Å². The number of aliphatic hydroxyl groups is 1. The Kier molecular flexibility index (Phi) is 7.05. The summed E-state index contributed by atoms with van der Waals surface area (Å²) in [6.07, 6.45) is -3.97. The number of benzene rings is 1. The lowest BCUT2D eigenvalue weighted by atomic mass is 10.1. The summed E-state index contributed by atoms with van der Waals surface area (Å²) < 4.78 is 42.3. The van der Waals surface area contributed by atoms with Crippen molar-refractivity contribution in [2.45, 2.75) is 19.3 Å². The highest BCUT2D eigenvalue weighted by Crippen LogP contribution is 2.37. The molecule has 0 aliphatic carbocycles. The number of aryl methyl sites for hydroxylation is 2. The summed E-state index contributed by atoms with van der Waals surface area (Å²) in [4.78, 5) is 19.6. The third-order valence-corrected chi connectivity index (χ3v) is 4.63. The third-order valence-electron chi connectivity index (χ3n) is 4.63. The van der Waals surface area contributed by atoms with Crippen LogP contribution in [0.4, 0.5) is 42.1 Å². The van der Waals surface area contributed by atoms with E-state index in [1.807, 2.05) is 0 Å². The molecule has 0 aliphatic heterocycles. The van der Waals surface area contributed by atoms with E-state index in [0.29, 0.717) is 11.9 Å².